The summed E-state index contributed by atoms with van der Waals surface area (Å²) in [7, 11) is -2.02. The molecule has 1 aliphatic heterocycles. The van der Waals surface area contributed by atoms with Gasteiger partial charge in [0.2, 0.25) is 0 Å². The van der Waals surface area contributed by atoms with Crippen LogP contribution in [0.3, 0.4) is 0 Å². The average molecular weight is 517 g/mol. The number of rotatable bonds is 4. The molecule has 0 atom stereocenters. The molecule has 6 aromatic rings. The molecule has 186 valence electrons. The van der Waals surface area contributed by atoms with Crippen molar-refractivity contribution in [3.8, 4) is 56.0 Å². The van der Waals surface area contributed by atoms with E-state index in [2.05, 4.69) is 147 Å². The lowest BCUT2D eigenvalue weighted by Gasteiger charge is -2.19. The van der Waals surface area contributed by atoms with Crippen molar-refractivity contribution in [2.24, 2.45) is 0 Å². The fourth-order valence-electron chi connectivity index (χ4n) is 5.87. The molecular weight excluding hydrogens is 488 g/mol. The van der Waals surface area contributed by atoms with Crippen molar-refractivity contribution in [1.29, 1.82) is 0 Å². The van der Waals surface area contributed by atoms with Gasteiger partial charge in [0.1, 0.15) is 8.07 Å². The Morgan fingerprint density at radius 1 is 0.436 bits per heavy atom. The fraction of sp³-hybridized carbons (Fsp3) is 0.0556. The van der Waals surface area contributed by atoms with Crippen molar-refractivity contribution in [3.05, 3.63) is 133 Å². The van der Waals surface area contributed by atoms with Gasteiger partial charge in [-0.3, -0.25) is 0 Å². The third-order valence-corrected chi connectivity index (χ3v) is 11.2. The minimum atomic E-state index is -2.02. The first-order valence-corrected chi connectivity index (χ1v) is 16.4. The second-order valence-electron chi connectivity index (χ2n) is 10.6. The smallest absolute Gasteiger partial charge is 0.160 e. The van der Waals surface area contributed by atoms with Crippen LogP contribution >= 0.6 is 0 Å². The van der Waals surface area contributed by atoms with E-state index >= 15 is 0 Å². The van der Waals surface area contributed by atoms with Crippen LogP contribution in [-0.2, 0) is 0 Å². The average Bonchev–Trinajstić information content (AvgIpc) is 3.24. The van der Waals surface area contributed by atoms with Gasteiger partial charge in [-0.25, -0.2) is 9.97 Å². The zero-order valence-corrected chi connectivity index (χ0v) is 23.1. The van der Waals surface area contributed by atoms with Crippen LogP contribution in [0, 0.1) is 0 Å². The summed E-state index contributed by atoms with van der Waals surface area (Å²) in [4.78, 5) is 10.7. The topological polar surface area (TPSA) is 25.8 Å². The zero-order chi connectivity index (χ0) is 26.4. The molecular formula is C36H28N2Si. The van der Waals surface area contributed by atoms with Gasteiger partial charge in [0.25, 0.3) is 0 Å². The van der Waals surface area contributed by atoms with Crippen LogP contribution < -0.4 is 10.5 Å². The number of hydrogen-bond acceptors (Lipinski definition) is 2. The Labute approximate surface area is 230 Å². The molecule has 0 aliphatic carbocycles. The van der Waals surface area contributed by atoms with Crippen LogP contribution in [-0.4, -0.2) is 18.0 Å². The maximum Gasteiger partial charge on any atom is 0.160 e. The van der Waals surface area contributed by atoms with Gasteiger partial charge in [-0.1, -0.05) is 147 Å². The monoisotopic (exact) mass is 516 g/mol. The Kier molecular flexibility index (Phi) is 5.61. The van der Waals surface area contributed by atoms with E-state index in [4.69, 9.17) is 9.97 Å². The molecule has 0 unspecified atom stereocenters. The van der Waals surface area contributed by atoms with E-state index < -0.39 is 8.07 Å². The molecule has 1 aliphatic rings. The van der Waals surface area contributed by atoms with Gasteiger partial charge in [0.15, 0.2) is 5.82 Å². The molecule has 0 amide bonds. The van der Waals surface area contributed by atoms with E-state index in [9.17, 15) is 0 Å². The Balaban J connectivity index is 1.47. The Hall–Kier alpha value is -4.60. The van der Waals surface area contributed by atoms with Crippen molar-refractivity contribution < 1.29 is 0 Å². The predicted octanol–water partition coefficient (Wildman–Crippen LogP) is 7.95. The summed E-state index contributed by atoms with van der Waals surface area (Å²) in [6.45, 7) is 4.83. The number of aromatic nitrogens is 2. The molecule has 7 rings (SSSR count). The van der Waals surface area contributed by atoms with E-state index in [1.54, 1.807) is 0 Å². The van der Waals surface area contributed by atoms with E-state index in [-0.39, 0.29) is 0 Å². The SMILES string of the molecule is C[Si]1(C)c2ccccc2-c2c(-c3ccc(-c4ccccc4)cc3)nc(-c3ccccc3-c3ccccc3)nc21. The van der Waals surface area contributed by atoms with Crippen LogP contribution in [0.5, 0.6) is 0 Å². The van der Waals surface area contributed by atoms with Crippen molar-refractivity contribution >= 4 is 18.6 Å². The lowest BCUT2D eigenvalue weighted by molar-refractivity contribution is 1.21. The van der Waals surface area contributed by atoms with Gasteiger partial charge in [-0.15, -0.1) is 0 Å². The Morgan fingerprint density at radius 3 is 1.64 bits per heavy atom. The van der Waals surface area contributed by atoms with Crippen LogP contribution in [0.2, 0.25) is 13.1 Å². The number of hydrogen-bond donors (Lipinski definition) is 0. The first-order valence-electron chi connectivity index (χ1n) is 13.4. The zero-order valence-electron chi connectivity index (χ0n) is 22.1. The van der Waals surface area contributed by atoms with Crippen molar-refractivity contribution in [2.45, 2.75) is 13.1 Å². The highest BCUT2D eigenvalue weighted by atomic mass is 28.3. The molecule has 2 heterocycles. The summed E-state index contributed by atoms with van der Waals surface area (Å²) >= 11 is 0. The van der Waals surface area contributed by atoms with Crippen molar-refractivity contribution in [1.82, 2.24) is 9.97 Å². The molecule has 0 N–H and O–H groups in total. The summed E-state index contributed by atoms with van der Waals surface area (Å²) in [5, 5.41) is 2.66. The minimum Gasteiger partial charge on any atom is -0.237 e. The van der Waals surface area contributed by atoms with Gasteiger partial charge in [0, 0.05) is 22.0 Å². The molecule has 39 heavy (non-hydrogen) atoms. The standard InChI is InChI=1S/C36H28N2Si/c1-39(2)32-20-12-11-19-31(32)33-34(28-23-21-26(22-24-28)25-13-5-3-6-14-25)37-35(38-36(33)39)30-18-10-9-17-29(30)27-15-7-4-8-16-27/h3-24H,1-2H3. The summed E-state index contributed by atoms with van der Waals surface area (Å²) in [5.41, 5.74) is 10.4. The summed E-state index contributed by atoms with van der Waals surface area (Å²) < 4.78 is 0. The summed E-state index contributed by atoms with van der Waals surface area (Å²) in [5.74, 6) is 0.795. The molecule has 3 heteroatoms. The van der Waals surface area contributed by atoms with E-state index in [0.717, 1.165) is 28.2 Å². The third-order valence-electron chi connectivity index (χ3n) is 7.89. The van der Waals surface area contributed by atoms with Crippen molar-refractivity contribution in [2.75, 3.05) is 0 Å². The summed E-state index contributed by atoms with van der Waals surface area (Å²) in [6, 6.07) is 47.3. The van der Waals surface area contributed by atoms with Gasteiger partial charge in [-0.2, -0.15) is 0 Å². The van der Waals surface area contributed by atoms with E-state index in [1.807, 2.05) is 0 Å². The Morgan fingerprint density at radius 2 is 0.949 bits per heavy atom. The molecule has 0 saturated carbocycles. The number of fused-ring (bicyclic) bond motifs is 3. The predicted molar refractivity (Wildman–Crippen MR) is 166 cm³/mol. The van der Waals surface area contributed by atoms with Gasteiger partial charge in [0.05, 0.1) is 5.69 Å². The normalized spacial score (nSPS) is 13.1. The molecule has 0 saturated heterocycles. The first-order chi connectivity index (χ1) is 19.1. The van der Waals surface area contributed by atoms with Gasteiger partial charge >= 0.3 is 0 Å². The summed E-state index contributed by atoms with van der Waals surface area (Å²) in [6.07, 6.45) is 0. The van der Waals surface area contributed by atoms with Crippen LogP contribution in [0.1, 0.15) is 0 Å². The number of nitrogens with zero attached hydrogens (tertiary/aromatic N) is 2. The highest BCUT2D eigenvalue weighted by Crippen LogP contribution is 2.38. The lowest BCUT2D eigenvalue weighted by Crippen LogP contribution is -2.50. The second-order valence-corrected chi connectivity index (χ2v) is 14.9. The van der Waals surface area contributed by atoms with Gasteiger partial charge < -0.3 is 0 Å². The van der Waals surface area contributed by atoms with Crippen LogP contribution in [0.15, 0.2) is 133 Å². The first kappa shape index (κ1) is 23.5. The quantitative estimate of drug-likeness (QED) is 0.222. The van der Waals surface area contributed by atoms with Crippen LogP contribution in [0.25, 0.3) is 56.0 Å². The fourth-order valence-corrected chi connectivity index (χ4v) is 8.78. The second kappa shape index (κ2) is 9.30. The maximum absolute atomic E-state index is 5.38. The molecule has 5 aromatic carbocycles. The lowest BCUT2D eigenvalue weighted by atomic mass is 9.97. The molecule has 0 radical (unpaired) electrons. The van der Waals surface area contributed by atoms with Crippen LogP contribution in [0.4, 0.5) is 0 Å². The minimum absolute atomic E-state index is 0.795. The van der Waals surface area contributed by atoms with Gasteiger partial charge in [-0.05, 0) is 33.0 Å². The number of benzene rings is 5. The molecule has 2 nitrogen and oxygen atoms in total. The molecule has 0 fully saturated rings. The third kappa shape index (κ3) is 3.94. The Bertz CT molecular complexity index is 1810. The molecule has 1 aromatic heterocycles. The van der Waals surface area contributed by atoms with E-state index in [1.165, 1.54) is 38.3 Å². The molecule has 0 bridgehead atoms. The molecule has 0 spiro atoms. The highest BCUT2D eigenvalue weighted by Gasteiger charge is 2.41. The highest BCUT2D eigenvalue weighted by molar-refractivity contribution is 7.03. The van der Waals surface area contributed by atoms with E-state index in [0.29, 0.717) is 0 Å². The maximum atomic E-state index is 5.38. The van der Waals surface area contributed by atoms with Crippen molar-refractivity contribution in [3.63, 3.8) is 0 Å². The largest absolute Gasteiger partial charge is 0.237 e.